The molecule has 3 N–H and O–H groups in total. The summed E-state index contributed by atoms with van der Waals surface area (Å²) in [4.78, 5) is 6.83. The molecule has 1 aliphatic heterocycles. The Morgan fingerprint density at radius 1 is 1.33 bits per heavy atom. The smallest absolute Gasteiger partial charge is 0.193 e. The van der Waals surface area contributed by atoms with Crippen LogP contribution in [0.2, 0.25) is 0 Å². The van der Waals surface area contributed by atoms with E-state index >= 15 is 0 Å². The summed E-state index contributed by atoms with van der Waals surface area (Å²) in [5.74, 6) is 0.471. The monoisotopic (exact) mass is 290 g/mol. The fourth-order valence-electron chi connectivity index (χ4n) is 2.37. The summed E-state index contributed by atoms with van der Waals surface area (Å²) in [6, 6.07) is 6.58. The maximum Gasteiger partial charge on any atom is 0.193 e. The van der Waals surface area contributed by atoms with Gasteiger partial charge in [-0.25, -0.2) is 0 Å². The van der Waals surface area contributed by atoms with E-state index in [1.165, 1.54) is 11.1 Å². The number of ether oxygens (including phenoxy) is 1. The van der Waals surface area contributed by atoms with Gasteiger partial charge < -0.3 is 15.8 Å². The van der Waals surface area contributed by atoms with Gasteiger partial charge >= 0.3 is 0 Å². The molecular weight excluding hydrogens is 264 g/mol. The van der Waals surface area contributed by atoms with Gasteiger partial charge in [-0.15, -0.1) is 0 Å². The van der Waals surface area contributed by atoms with Crippen molar-refractivity contribution in [2.24, 2.45) is 10.7 Å². The molecule has 0 saturated carbocycles. The van der Waals surface area contributed by atoms with E-state index in [1.807, 2.05) is 6.07 Å². The molecule has 0 spiro atoms. The molecule has 0 radical (unpaired) electrons. The highest BCUT2D eigenvalue weighted by Gasteiger charge is 2.16. The molecule has 21 heavy (non-hydrogen) atoms. The van der Waals surface area contributed by atoms with Crippen LogP contribution in [0.1, 0.15) is 18.1 Å². The highest BCUT2D eigenvalue weighted by atomic mass is 16.5. The Balaban J connectivity index is 1.86. The largest absolute Gasteiger partial charge is 0.379 e. The van der Waals surface area contributed by atoms with E-state index < -0.39 is 0 Å². The van der Waals surface area contributed by atoms with Crippen molar-refractivity contribution in [1.82, 2.24) is 4.90 Å². The van der Waals surface area contributed by atoms with Crippen LogP contribution in [0.4, 0.5) is 5.69 Å². The number of anilines is 1. The van der Waals surface area contributed by atoms with Gasteiger partial charge in [0.05, 0.1) is 19.8 Å². The highest BCUT2D eigenvalue weighted by molar-refractivity contribution is 5.92. The number of aryl methyl sites for hydroxylation is 2. The maximum absolute atomic E-state index is 5.97. The third-order valence-electron chi connectivity index (χ3n) is 3.97. The summed E-state index contributed by atoms with van der Waals surface area (Å²) < 4.78 is 5.36. The highest BCUT2D eigenvalue weighted by Crippen LogP contribution is 2.13. The molecule has 116 valence electrons. The molecule has 0 amide bonds. The summed E-state index contributed by atoms with van der Waals surface area (Å²) >= 11 is 0. The standard InChI is InChI=1S/C16H26N4O/c1-12-4-5-15(10-13(12)2)19-16(17)18-11-14(3)20-6-8-21-9-7-20/h4-5,10,14H,6-9,11H2,1-3H3,(H3,17,18,19). The van der Waals surface area contributed by atoms with Gasteiger partial charge in [0.25, 0.3) is 0 Å². The zero-order chi connectivity index (χ0) is 15.2. The van der Waals surface area contributed by atoms with Crippen molar-refractivity contribution in [2.45, 2.75) is 26.8 Å². The first-order valence-electron chi connectivity index (χ1n) is 7.52. The number of guanidine groups is 1. The van der Waals surface area contributed by atoms with Gasteiger partial charge in [0.2, 0.25) is 0 Å². The van der Waals surface area contributed by atoms with Crippen molar-refractivity contribution in [3.63, 3.8) is 0 Å². The van der Waals surface area contributed by atoms with Crippen LogP contribution < -0.4 is 11.1 Å². The average molecular weight is 290 g/mol. The van der Waals surface area contributed by atoms with Crippen LogP contribution in [-0.4, -0.2) is 49.7 Å². The molecule has 1 heterocycles. The van der Waals surface area contributed by atoms with Gasteiger partial charge in [-0.2, -0.15) is 0 Å². The fourth-order valence-corrected chi connectivity index (χ4v) is 2.37. The van der Waals surface area contributed by atoms with Crippen LogP contribution in [0, 0.1) is 13.8 Å². The van der Waals surface area contributed by atoms with Gasteiger partial charge in [0.1, 0.15) is 0 Å². The molecule has 1 aromatic rings. The van der Waals surface area contributed by atoms with Crippen LogP contribution in [0.3, 0.4) is 0 Å². The Labute approximate surface area is 127 Å². The lowest BCUT2D eigenvalue weighted by Gasteiger charge is -2.31. The zero-order valence-corrected chi connectivity index (χ0v) is 13.2. The molecule has 1 aromatic carbocycles. The molecule has 1 saturated heterocycles. The van der Waals surface area contributed by atoms with Gasteiger partial charge in [0, 0.05) is 24.8 Å². The van der Waals surface area contributed by atoms with Crippen molar-refractivity contribution in [2.75, 3.05) is 38.2 Å². The predicted molar refractivity (Wildman–Crippen MR) is 87.9 cm³/mol. The number of nitrogens with one attached hydrogen (secondary N) is 1. The number of hydrogen-bond donors (Lipinski definition) is 2. The van der Waals surface area contributed by atoms with Crippen molar-refractivity contribution in [3.05, 3.63) is 29.3 Å². The number of nitrogens with two attached hydrogens (primary N) is 1. The molecule has 5 heteroatoms. The minimum absolute atomic E-state index is 0.383. The number of aliphatic imine (C=N–C) groups is 1. The topological polar surface area (TPSA) is 62.9 Å². The molecule has 0 aromatic heterocycles. The normalized spacial score (nSPS) is 18.5. The number of hydrogen-bond acceptors (Lipinski definition) is 3. The van der Waals surface area contributed by atoms with Gasteiger partial charge in [-0.3, -0.25) is 9.89 Å². The maximum atomic E-state index is 5.97. The van der Waals surface area contributed by atoms with E-state index in [0.29, 0.717) is 18.5 Å². The Morgan fingerprint density at radius 3 is 2.71 bits per heavy atom. The summed E-state index contributed by atoms with van der Waals surface area (Å²) in [6.45, 7) is 10.6. The molecule has 1 fully saturated rings. The lowest BCUT2D eigenvalue weighted by molar-refractivity contribution is 0.0221. The summed E-state index contributed by atoms with van der Waals surface area (Å²) in [7, 11) is 0. The SMILES string of the molecule is Cc1ccc(NC(N)=NCC(C)N2CCOCC2)cc1C. The fraction of sp³-hybridized carbons (Fsp3) is 0.562. The van der Waals surface area contributed by atoms with Crippen molar-refractivity contribution in [1.29, 1.82) is 0 Å². The summed E-state index contributed by atoms with van der Waals surface area (Å²) in [5.41, 5.74) is 9.47. The molecule has 0 aliphatic carbocycles. The van der Waals surface area contributed by atoms with Crippen LogP contribution >= 0.6 is 0 Å². The quantitative estimate of drug-likeness (QED) is 0.655. The van der Waals surface area contributed by atoms with E-state index in [2.05, 4.69) is 48.1 Å². The van der Waals surface area contributed by atoms with E-state index in [-0.39, 0.29) is 0 Å². The second-order valence-corrected chi connectivity index (χ2v) is 5.65. The van der Waals surface area contributed by atoms with Gasteiger partial charge in [0.15, 0.2) is 5.96 Å². The average Bonchev–Trinajstić information content (AvgIpc) is 2.49. The minimum atomic E-state index is 0.383. The first-order valence-corrected chi connectivity index (χ1v) is 7.52. The van der Waals surface area contributed by atoms with E-state index in [9.17, 15) is 0 Å². The van der Waals surface area contributed by atoms with E-state index in [0.717, 1.165) is 32.0 Å². The van der Waals surface area contributed by atoms with Crippen LogP contribution in [0.25, 0.3) is 0 Å². The van der Waals surface area contributed by atoms with Crippen LogP contribution in [0.15, 0.2) is 23.2 Å². The molecule has 0 bridgehead atoms. The number of nitrogens with zero attached hydrogens (tertiary/aromatic N) is 2. The van der Waals surface area contributed by atoms with Crippen LogP contribution in [0.5, 0.6) is 0 Å². The van der Waals surface area contributed by atoms with Gasteiger partial charge in [-0.05, 0) is 44.0 Å². The third kappa shape index (κ3) is 4.72. The number of benzene rings is 1. The molecule has 1 unspecified atom stereocenters. The molecule has 2 rings (SSSR count). The summed E-state index contributed by atoms with van der Waals surface area (Å²) in [6.07, 6.45) is 0. The second-order valence-electron chi connectivity index (χ2n) is 5.65. The predicted octanol–water partition coefficient (Wildman–Crippen LogP) is 1.75. The van der Waals surface area contributed by atoms with Crippen molar-refractivity contribution < 1.29 is 4.74 Å². The Morgan fingerprint density at radius 2 is 2.05 bits per heavy atom. The number of morpholine rings is 1. The Bertz CT molecular complexity index is 495. The summed E-state index contributed by atoms with van der Waals surface area (Å²) in [5, 5.41) is 3.15. The molecule has 1 aliphatic rings. The first-order chi connectivity index (χ1) is 10.1. The van der Waals surface area contributed by atoms with Crippen molar-refractivity contribution in [3.8, 4) is 0 Å². The third-order valence-corrected chi connectivity index (χ3v) is 3.97. The molecular formula is C16H26N4O. The minimum Gasteiger partial charge on any atom is -0.379 e. The van der Waals surface area contributed by atoms with E-state index in [1.54, 1.807) is 0 Å². The van der Waals surface area contributed by atoms with Crippen LogP contribution in [-0.2, 0) is 4.74 Å². The lowest BCUT2D eigenvalue weighted by Crippen LogP contribution is -2.43. The Hall–Kier alpha value is -1.59. The second kappa shape index (κ2) is 7.43. The lowest BCUT2D eigenvalue weighted by atomic mass is 10.1. The number of rotatable bonds is 4. The molecule has 1 atom stereocenters. The van der Waals surface area contributed by atoms with Gasteiger partial charge in [-0.1, -0.05) is 6.07 Å². The van der Waals surface area contributed by atoms with Crippen molar-refractivity contribution >= 4 is 11.6 Å². The Kier molecular flexibility index (Phi) is 5.59. The zero-order valence-electron chi connectivity index (χ0n) is 13.2. The first kappa shape index (κ1) is 15.8. The molecule has 5 nitrogen and oxygen atoms in total. The van der Waals surface area contributed by atoms with E-state index in [4.69, 9.17) is 10.5 Å².